The van der Waals surface area contributed by atoms with Crippen LogP contribution in [0.15, 0.2) is 12.1 Å². The predicted octanol–water partition coefficient (Wildman–Crippen LogP) is 3.52. The van der Waals surface area contributed by atoms with Gasteiger partial charge in [0.25, 0.3) is 5.91 Å². The number of hydrogen-bond donors (Lipinski definition) is 2. The Balaban J connectivity index is 2.79. The molecule has 6 heteroatoms. The average Bonchev–Trinajstić information content (AvgIpc) is 2.41. The number of benzene rings is 1. The van der Waals surface area contributed by atoms with E-state index in [0.29, 0.717) is 21.4 Å². The van der Waals surface area contributed by atoms with Crippen LogP contribution in [0.25, 0.3) is 0 Å². The van der Waals surface area contributed by atoms with E-state index in [9.17, 15) is 4.79 Å². The van der Waals surface area contributed by atoms with Crippen LogP contribution >= 0.6 is 23.2 Å². The minimum Gasteiger partial charge on any atom is -0.479 e. The lowest BCUT2D eigenvalue weighted by molar-refractivity contribution is -0.127. The fraction of sp³-hybridized carbons (Fsp3) is 0.533. The molecule has 0 aliphatic heterocycles. The lowest BCUT2D eigenvalue weighted by Crippen LogP contribution is -2.41. The van der Waals surface area contributed by atoms with Crippen molar-refractivity contribution in [3.05, 3.63) is 27.7 Å². The zero-order chi connectivity index (χ0) is 16.0. The molecule has 4 nitrogen and oxygen atoms in total. The summed E-state index contributed by atoms with van der Waals surface area (Å²) in [6.45, 7) is 5.95. The molecule has 118 valence electrons. The number of rotatable bonds is 7. The molecule has 0 heterocycles. The van der Waals surface area contributed by atoms with Gasteiger partial charge in [-0.25, -0.2) is 0 Å². The first-order chi connectivity index (χ1) is 9.88. The van der Waals surface area contributed by atoms with Gasteiger partial charge >= 0.3 is 0 Å². The molecule has 1 rings (SSSR count). The smallest absolute Gasteiger partial charge is 0.260 e. The van der Waals surface area contributed by atoms with Gasteiger partial charge in [0.15, 0.2) is 6.10 Å². The summed E-state index contributed by atoms with van der Waals surface area (Å²) in [6, 6.07) is 3.37. The van der Waals surface area contributed by atoms with E-state index in [-0.39, 0.29) is 18.5 Å². The van der Waals surface area contributed by atoms with Crippen molar-refractivity contribution in [1.29, 1.82) is 0 Å². The molecule has 2 unspecified atom stereocenters. The highest BCUT2D eigenvalue weighted by Gasteiger charge is 2.19. The Bertz CT molecular complexity index is 495. The van der Waals surface area contributed by atoms with Gasteiger partial charge in [-0.1, -0.05) is 36.5 Å². The van der Waals surface area contributed by atoms with Gasteiger partial charge in [0.05, 0.1) is 5.02 Å². The van der Waals surface area contributed by atoms with Crippen molar-refractivity contribution >= 4 is 29.1 Å². The van der Waals surface area contributed by atoms with Gasteiger partial charge in [-0.05, 0) is 32.4 Å². The molecule has 0 aliphatic rings. The Hall–Kier alpha value is -0.970. The molecule has 1 amide bonds. The van der Waals surface area contributed by atoms with Crippen LogP contribution in [-0.2, 0) is 11.3 Å². The Morgan fingerprint density at radius 1 is 1.38 bits per heavy atom. The molecule has 0 aliphatic carbocycles. The number of carbonyl (C=O) groups excluding carboxylic acids is 1. The monoisotopic (exact) mass is 332 g/mol. The molecule has 0 spiro atoms. The molecule has 0 saturated heterocycles. The van der Waals surface area contributed by atoms with Crippen LogP contribution in [0, 0.1) is 0 Å². The number of ether oxygens (including phenoxy) is 1. The van der Waals surface area contributed by atoms with Crippen molar-refractivity contribution in [3.63, 3.8) is 0 Å². The van der Waals surface area contributed by atoms with Gasteiger partial charge in [-0.3, -0.25) is 4.79 Å². The van der Waals surface area contributed by atoms with Crippen molar-refractivity contribution in [1.82, 2.24) is 5.32 Å². The second-order valence-electron chi connectivity index (χ2n) is 5.04. The van der Waals surface area contributed by atoms with Crippen LogP contribution in [0.2, 0.25) is 10.0 Å². The van der Waals surface area contributed by atoms with E-state index in [2.05, 4.69) is 12.2 Å². The van der Waals surface area contributed by atoms with Gasteiger partial charge in [0.1, 0.15) is 5.75 Å². The number of hydrogen-bond acceptors (Lipinski definition) is 3. The molecule has 0 bridgehead atoms. The summed E-state index contributed by atoms with van der Waals surface area (Å²) in [7, 11) is 0. The summed E-state index contributed by atoms with van der Waals surface area (Å²) in [5.74, 6) is 0.235. The second kappa shape index (κ2) is 8.47. The zero-order valence-corrected chi connectivity index (χ0v) is 14.1. The minimum atomic E-state index is -0.659. The molecule has 0 radical (unpaired) electrons. The first-order valence-corrected chi connectivity index (χ1v) is 7.79. The Morgan fingerprint density at radius 3 is 2.62 bits per heavy atom. The van der Waals surface area contributed by atoms with Crippen molar-refractivity contribution < 1.29 is 9.53 Å². The first-order valence-electron chi connectivity index (χ1n) is 7.04. The van der Waals surface area contributed by atoms with E-state index in [4.69, 9.17) is 33.7 Å². The van der Waals surface area contributed by atoms with Crippen molar-refractivity contribution in [2.24, 2.45) is 5.73 Å². The molecule has 3 N–H and O–H groups in total. The fourth-order valence-electron chi connectivity index (χ4n) is 1.99. The fourth-order valence-corrected chi connectivity index (χ4v) is 2.57. The zero-order valence-electron chi connectivity index (χ0n) is 12.6. The van der Waals surface area contributed by atoms with Crippen molar-refractivity contribution in [2.75, 3.05) is 0 Å². The number of amides is 1. The SMILES string of the molecule is CCCC(C)NC(=O)C(C)Oc1c(Cl)cc(Cl)cc1CN. The van der Waals surface area contributed by atoms with Gasteiger partial charge in [0, 0.05) is 23.2 Å². The highest BCUT2D eigenvalue weighted by atomic mass is 35.5. The minimum absolute atomic E-state index is 0.114. The number of nitrogens with two attached hydrogens (primary N) is 1. The first kappa shape index (κ1) is 18.1. The van der Waals surface area contributed by atoms with E-state index >= 15 is 0 Å². The molecule has 0 fully saturated rings. The molecule has 21 heavy (non-hydrogen) atoms. The molecule has 2 atom stereocenters. The molecule has 1 aromatic carbocycles. The second-order valence-corrected chi connectivity index (χ2v) is 5.88. The predicted molar refractivity (Wildman–Crippen MR) is 87.0 cm³/mol. The summed E-state index contributed by atoms with van der Waals surface area (Å²) in [6.07, 6.45) is 1.28. The van der Waals surface area contributed by atoms with Crippen LogP contribution in [0.1, 0.15) is 39.2 Å². The molecular formula is C15H22Cl2N2O2. The van der Waals surface area contributed by atoms with Crippen molar-refractivity contribution in [2.45, 2.75) is 52.3 Å². The van der Waals surface area contributed by atoms with Crippen LogP contribution in [0.4, 0.5) is 0 Å². The van der Waals surface area contributed by atoms with E-state index < -0.39 is 6.10 Å². The third-order valence-corrected chi connectivity index (χ3v) is 3.58. The van der Waals surface area contributed by atoms with E-state index in [1.807, 2.05) is 6.92 Å². The Morgan fingerprint density at radius 2 is 2.05 bits per heavy atom. The molecular weight excluding hydrogens is 311 g/mol. The highest BCUT2D eigenvalue weighted by Crippen LogP contribution is 2.33. The summed E-state index contributed by atoms with van der Waals surface area (Å²) in [5.41, 5.74) is 6.34. The summed E-state index contributed by atoms with van der Waals surface area (Å²) < 4.78 is 5.68. The maximum absolute atomic E-state index is 12.1. The van der Waals surface area contributed by atoms with Crippen LogP contribution in [0.5, 0.6) is 5.75 Å². The number of nitrogens with one attached hydrogen (secondary N) is 1. The average molecular weight is 333 g/mol. The lowest BCUT2D eigenvalue weighted by Gasteiger charge is -2.20. The third-order valence-electron chi connectivity index (χ3n) is 3.08. The van der Waals surface area contributed by atoms with Gasteiger partial charge < -0.3 is 15.8 Å². The molecule has 0 saturated carbocycles. The third kappa shape index (κ3) is 5.38. The van der Waals surface area contributed by atoms with Crippen LogP contribution in [-0.4, -0.2) is 18.1 Å². The van der Waals surface area contributed by atoms with Gasteiger partial charge in [-0.2, -0.15) is 0 Å². The summed E-state index contributed by atoms with van der Waals surface area (Å²) >= 11 is 12.0. The lowest BCUT2D eigenvalue weighted by atomic mass is 10.2. The summed E-state index contributed by atoms with van der Waals surface area (Å²) in [5, 5.41) is 3.74. The molecule has 1 aromatic rings. The molecule has 0 aromatic heterocycles. The highest BCUT2D eigenvalue weighted by molar-refractivity contribution is 6.35. The quantitative estimate of drug-likeness (QED) is 0.802. The van der Waals surface area contributed by atoms with E-state index in [1.165, 1.54) is 0 Å². The van der Waals surface area contributed by atoms with Gasteiger partial charge in [0.2, 0.25) is 0 Å². The van der Waals surface area contributed by atoms with Crippen LogP contribution in [0.3, 0.4) is 0 Å². The Labute approximate surface area is 135 Å². The maximum atomic E-state index is 12.1. The normalized spacial score (nSPS) is 13.6. The standard InChI is InChI=1S/C15H22Cl2N2O2/c1-4-5-9(2)19-15(20)10(3)21-14-11(8-18)6-12(16)7-13(14)17/h6-7,9-10H,4-5,8,18H2,1-3H3,(H,19,20). The van der Waals surface area contributed by atoms with E-state index in [1.54, 1.807) is 19.1 Å². The Kier molecular flexibility index (Phi) is 7.29. The van der Waals surface area contributed by atoms with Gasteiger partial charge in [-0.15, -0.1) is 0 Å². The largest absolute Gasteiger partial charge is 0.479 e. The topological polar surface area (TPSA) is 64.3 Å². The van der Waals surface area contributed by atoms with Crippen LogP contribution < -0.4 is 15.8 Å². The summed E-state index contributed by atoms with van der Waals surface area (Å²) in [4.78, 5) is 12.1. The number of carbonyl (C=O) groups is 1. The van der Waals surface area contributed by atoms with E-state index in [0.717, 1.165) is 12.8 Å². The number of halogens is 2. The van der Waals surface area contributed by atoms with Crippen molar-refractivity contribution in [3.8, 4) is 5.75 Å². The maximum Gasteiger partial charge on any atom is 0.260 e.